The Kier molecular flexibility index (Phi) is 4.37. The minimum absolute atomic E-state index is 0.0915. The van der Waals surface area contributed by atoms with Crippen LogP contribution in [-0.4, -0.2) is 19.6 Å². The molecule has 17 heavy (non-hydrogen) atoms. The van der Waals surface area contributed by atoms with Gasteiger partial charge in [0, 0.05) is 19.6 Å². The molecule has 1 heterocycles. The lowest BCUT2D eigenvalue weighted by Gasteiger charge is -2.19. The number of halogens is 1. The van der Waals surface area contributed by atoms with Gasteiger partial charge in [0.2, 0.25) is 0 Å². The lowest BCUT2D eigenvalue weighted by Crippen LogP contribution is -2.20. The van der Waals surface area contributed by atoms with Gasteiger partial charge in [0.15, 0.2) is 0 Å². The minimum atomic E-state index is -0.0915. The Morgan fingerprint density at radius 2 is 2.06 bits per heavy atom. The SMILES string of the molecule is CCCNCc1ccc(F)c(N2CCCC2)c1. The van der Waals surface area contributed by atoms with E-state index in [0.29, 0.717) is 0 Å². The van der Waals surface area contributed by atoms with Gasteiger partial charge in [-0.1, -0.05) is 13.0 Å². The zero-order valence-electron chi connectivity index (χ0n) is 10.5. The summed E-state index contributed by atoms with van der Waals surface area (Å²) < 4.78 is 13.7. The van der Waals surface area contributed by atoms with Crippen LogP contribution in [-0.2, 0) is 6.54 Å². The predicted octanol–water partition coefficient (Wildman–Crippen LogP) is 2.93. The highest BCUT2D eigenvalue weighted by Crippen LogP contribution is 2.24. The van der Waals surface area contributed by atoms with E-state index in [-0.39, 0.29) is 5.82 Å². The zero-order chi connectivity index (χ0) is 12.1. The van der Waals surface area contributed by atoms with E-state index >= 15 is 0 Å². The molecule has 1 aromatic rings. The molecule has 94 valence electrons. The maximum atomic E-state index is 13.7. The summed E-state index contributed by atoms with van der Waals surface area (Å²) in [5.41, 5.74) is 1.94. The van der Waals surface area contributed by atoms with Crippen LogP contribution in [0.15, 0.2) is 18.2 Å². The molecule has 0 bridgehead atoms. The molecule has 0 amide bonds. The van der Waals surface area contributed by atoms with Crippen LogP contribution >= 0.6 is 0 Å². The van der Waals surface area contributed by atoms with Gasteiger partial charge in [0.25, 0.3) is 0 Å². The number of benzene rings is 1. The molecule has 2 rings (SSSR count). The van der Waals surface area contributed by atoms with E-state index in [1.54, 1.807) is 6.07 Å². The molecule has 3 heteroatoms. The first-order chi connectivity index (χ1) is 8.31. The summed E-state index contributed by atoms with van der Waals surface area (Å²) in [4.78, 5) is 2.15. The van der Waals surface area contributed by atoms with Crippen molar-refractivity contribution in [3.63, 3.8) is 0 Å². The summed E-state index contributed by atoms with van der Waals surface area (Å²) >= 11 is 0. The van der Waals surface area contributed by atoms with Gasteiger partial charge in [-0.3, -0.25) is 0 Å². The van der Waals surface area contributed by atoms with Crippen LogP contribution < -0.4 is 10.2 Å². The number of nitrogens with one attached hydrogen (secondary N) is 1. The fraction of sp³-hybridized carbons (Fsp3) is 0.571. The topological polar surface area (TPSA) is 15.3 Å². The molecule has 0 unspecified atom stereocenters. The third kappa shape index (κ3) is 3.19. The standard InChI is InChI=1S/C14H21FN2/c1-2-7-16-11-12-5-6-13(15)14(10-12)17-8-3-4-9-17/h5-6,10,16H,2-4,7-9,11H2,1H3. The fourth-order valence-corrected chi connectivity index (χ4v) is 2.28. The van der Waals surface area contributed by atoms with Crippen LogP contribution in [0.5, 0.6) is 0 Å². The number of nitrogens with zero attached hydrogens (tertiary/aromatic N) is 1. The van der Waals surface area contributed by atoms with Gasteiger partial charge in [0.1, 0.15) is 5.82 Å². The summed E-state index contributed by atoms with van der Waals surface area (Å²) in [5.74, 6) is -0.0915. The summed E-state index contributed by atoms with van der Waals surface area (Å²) in [6.45, 7) is 5.96. The molecular weight excluding hydrogens is 215 g/mol. The molecule has 2 nitrogen and oxygen atoms in total. The van der Waals surface area contributed by atoms with Crippen molar-refractivity contribution in [2.24, 2.45) is 0 Å². The number of anilines is 1. The third-order valence-electron chi connectivity index (χ3n) is 3.21. The third-order valence-corrected chi connectivity index (χ3v) is 3.21. The summed E-state index contributed by atoms with van der Waals surface area (Å²) in [6, 6.07) is 5.46. The second kappa shape index (κ2) is 6.01. The second-order valence-corrected chi connectivity index (χ2v) is 4.66. The highest BCUT2D eigenvalue weighted by molar-refractivity contribution is 5.50. The van der Waals surface area contributed by atoms with Crippen molar-refractivity contribution in [2.75, 3.05) is 24.5 Å². The van der Waals surface area contributed by atoms with Gasteiger partial charge in [-0.15, -0.1) is 0 Å². The number of rotatable bonds is 5. The molecule has 0 atom stereocenters. The molecule has 0 aromatic heterocycles. The largest absolute Gasteiger partial charge is 0.369 e. The van der Waals surface area contributed by atoms with Gasteiger partial charge in [-0.05, 0) is 43.5 Å². The lowest BCUT2D eigenvalue weighted by molar-refractivity contribution is 0.620. The average molecular weight is 236 g/mol. The Balaban J connectivity index is 2.06. The summed E-state index contributed by atoms with van der Waals surface area (Å²) in [6.07, 6.45) is 3.48. The van der Waals surface area contributed by atoms with Crippen molar-refractivity contribution < 1.29 is 4.39 Å². The normalized spacial score (nSPS) is 15.5. The number of hydrogen-bond acceptors (Lipinski definition) is 2. The quantitative estimate of drug-likeness (QED) is 0.791. The van der Waals surface area contributed by atoms with Gasteiger partial charge in [-0.2, -0.15) is 0 Å². The summed E-state index contributed by atoms with van der Waals surface area (Å²) in [7, 11) is 0. The molecule has 0 spiro atoms. The van der Waals surface area contributed by atoms with Gasteiger partial charge in [0.05, 0.1) is 5.69 Å². The molecule has 1 fully saturated rings. The molecule has 0 radical (unpaired) electrons. The van der Waals surface area contributed by atoms with E-state index in [1.165, 1.54) is 18.4 Å². The van der Waals surface area contributed by atoms with E-state index < -0.39 is 0 Å². The zero-order valence-corrected chi connectivity index (χ0v) is 10.5. The molecule has 1 saturated heterocycles. The van der Waals surface area contributed by atoms with E-state index in [9.17, 15) is 4.39 Å². The van der Waals surface area contributed by atoms with Crippen molar-refractivity contribution >= 4 is 5.69 Å². The molecule has 1 aromatic carbocycles. The van der Waals surface area contributed by atoms with Crippen molar-refractivity contribution in [1.82, 2.24) is 5.32 Å². The van der Waals surface area contributed by atoms with Gasteiger partial charge >= 0.3 is 0 Å². The average Bonchev–Trinajstić information content (AvgIpc) is 2.85. The van der Waals surface area contributed by atoms with Crippen LogP contribution in [0.2, 0.25) is 0 Å². The van der Waals surface area contributed by atoms with Crippen LogP contribution in [0.3, 0.4) is 0 Å². The highest BCUT2D eigenvalue weighted by Gasteiger charge is 2.16. The van der Waals surface area contributed by atoms with Crippen LogP contribution in [0.1, 0.15) is 31.7 Å². The minimum Gasteiger partial charge on any atom is -0.369 e. The van der Waals surface area contributed by atoms with Crippen molar-refractivity contribution in [2.45, 2.75) is 32.7 Å². The van der Waals surface area contributed by atoms with E-state index in [4.69, 9.17) is 0 Å². The van der Waals surface area contributed by atoms with Crippen LogP contribution in [0, 0.1) is 5.82 Å². The molecule has 1 aliphatic heterocycles. The van der Waals surface area contributed by atoms with Crippen LogP contribution in [0.4, 0.5) is 10.1 Å². The molecule has 1 N–H and O–H groups in total. The van der Waals surface area contributed by atoms with E-state index in [0.717, 1.165) is 38.3 Å². The highest BCUT2D eigenvalue weighted by atomic mass is 19.1. The van der Waals surface area contributed by atoms with Gasteiger partial charge < -0.3 is 10.2 Å². The van der Waals surface area contributed by atoms with E-state index in [2.05, 4.69) is 17.1 Å². The monoisotopic (exact) mass is 236 g/mol. The van der Waals surface area contributed by atoms with E-state index in [1.807, 2.05) is 12.1 Å². The first kappa shape index (κ1) is 12.4. The van der Waals surface area contributed by atoms with Gasteiger partial charge in [-0.25, -0.2) is 4.39 Å². The Bertz CT molecular complexity index is 359. The molecule has 0 aliphatic carbocycles. The Hall–Kier alpha value is -1.09. The maximum Gasteiger partial charge on any atom is 0.146 e. The number of hydrogen-bond donors (Lipinski definition) is 1. The van der Waals surface area contributed by atoms with Crippen molar-refractivity contribution in [1.29, 1.82) is 0 Å². The maximum absolute atomic E-state index is 13.7. The first-order valence-corrected chi connectivity index (χ1v) is 6.55. The van der Waals surface area contributed by atoms with Crippen LogP contribution in [0.25, 0.3) is 0 Å². The Labute approximate surface area is 103 Å². The molecule has 0 saturated carbocycles. The fourth-order valence-electron chi connectivity index (χ4n) is 2.28. The summed E-state index contributed by atoms with van der Waals surface area (Å²) in [5, 5.41) is 3.35. The first-order valence-electron chi connectivity index (χ1n) is 6.55. The van der Waals surface area contributed by atoms with Crippen molar-refractivity contribution in [3.8, 4) is 0 Å². The Morgan fingerprint density at radius 1 is 1.29 bits per heavy atom. The smallest absolute Gasteiger partial charge is 0.146 e. The van der Waals surface area contributed by atoms with Crippen molar-refractivity contribution in [3.05, 3.63) is 29.6 Å². The lowest BCUT2D eigenvalue weighted by atomic mass is 10.1. The second-order valence-electron chi connectivity index (χ2n) is 4.66. The molecular formula is C14H21FN2. The molecule has 1 aliphatic rings. The predicted molar refractivity (Wildman–Crippen MR) is 69.8 cm³/mol. The Morgan fingerprint density at radius 3 is 2.76 bits per heavy atom.